The molecule has 120 valence electrons. The van der Waals surface area contributed by atoms with Crippen molar-refractivity contribution in [2.45, 2.75) is 64.3 Å². The van der Waals surface area contributed by atoms with Gasteiger partial charge in [-0.2, -0.15) is 0 Å². The number of benzene rings is 1. The van der Waals surface area contributed by atoms with E-state index in [1.807, 2.05) is 12.1 Å². The predicted octanol–water partition coefficient (Wildman–Crippen LogP) is 4.21. The Bertz CT molecular complexity index is 581. The Labute approximate surface area is 134 Å². The van der Waals surface area contributed by atoms with Crippen LogP contribution in [-0.4, -0.2) is 11.1 Å². The quantitative estimate of drug-likeness (QED) is 0.816. The number of fused-ring (bicyclic) bond motifs is 5. The van der Waals surface area contributed by atoms with Crippen LogP contribution in [0.2, 0.25) is 0 Å². The van der Waals surface area contributed by atoms with Crippen molar-refractivity contribution in [2.75, 3.05) is 0 Å². The highest BCUT2D eigenvalue weighted by atomic mass is 16.3. The zero-order valence-corrected chi connectivity index (χ0v) is 13.9. The summed E-state index contributed by atoms with van der Waals surface area (Å²) in [5.74, 6) is 3.54. The molecule has 22 heavy (non-hydrogen) atoms. The van der Waals surface area contributed by atoms with Gasteiger partial charge in [-0.05, 0) is 97.8 Å². The van der Waals surface area contributed by atoms with Crippen LogP contribution < -0.4 is 5.73 Å². The van der Waals surface area contributed by atoms with Crippen molar-refractivity contribution < 1.29 is 5.11 Å². The number of nitrogens with two attached hydrogens (primary N) is 1. The highest BCUT2D eigenvalue weighted by Gasteiger charge is 2.55. The van der Waals surface area contributed by atoms with E-state index in [2.05, 4.69) is 19.9 Å². The molecule has 4 rings (SSSR count). The summed E-state index contributed by atoms with van der Waals surface area (Å²) in [6.07, 6.45) is 7.76. The van der Waals surface area contributed by atoms with Crippen LogP contribution in [0.25, 0.3) is 0 Å². The second-order valence-electron chi connectivity index (χ2n) is 8.39. The molecular formula is C20H29NO. The molecule has 6 atom stereocenters. The normalized spacial score (nSPS) is 41.4. The second-order valence-corrected chi connectivity index (χ2v) is 8.39. The smallest absolute Gasteiger partial charge is 0.115 e. The van der Waals surface area contributed by atoms with Gasteiger partial charge in [-0.3, -0.25) is 0 Å². The van der Waals surface area contributed by atoms with Crippen molar-refractivity contribution >= 4 is 0 Å². The number of hydrogen-bond acceptors (Lipinski definition) is 2. The highest BCUT2D eigenvalue weighted by molar-refractivity contribution is 5.40. The molecule has 2 heteroatoms. The van der Waals surface area contributed by atoms with E-state index in [-0.39, 0.29) is 0 Å². The molecule has 0 radical (unpaired) electrons. The van der Waals surface area contributed by atoms with Gasteiger partial charge >= 0.3 is 0 Å². The van der Waals surface area contributed by atoms with E-state index in [9.17, 15) is 5.11 Å². The Morgan fingerprint density at radius 1 is 1.23 bits per heavy atom. The summed E-state index contributed by atoms with van der Waals surface area (Å²) in [5.41, 5.74) is 9.71. The van der Waals surface area contributed by atoms with Crippen molar-refractivity contribution in [2.24, 2.45) is 28.9 Å². The van der Waals surface area contributed by atoms with Gasteiger partial charge in [0, 0.05) is 6.04 Å². The lowest BCUT2D eigenvalue weighted by molar-refractivity contribution is 0.0224. The van der Waals surface area contributed by atoms with Crippen molar-refractivity contribution in [3.05, 3.63) is 29.3 Å². The second kappa shape index (κ2) is 4.99. The molecule has 0 heterocycles. The molecule has 1 aromatic carbocycles. The molecule has 2 saturated carbocycles. The van der Waals surface area contributed by atoms with Gasteiger partial charge in [-0.15, -0.1) is 0 Å². The first kappa shape index (κ1) is 14.6. The molecule has 2 nitrogen and oxygen atoms in total. The van der Waals surface area contributed by atoms with Crippen LogP contribution in [0, 0.1) is 23.2 Å². The fraction of sp³-hybridized carbons (Fsp3) is 0.700. The molecule has 0 saturated heterocycles. The standard InChI is InChI=1S/C20H29NO/c1-12(21)18-7-8-19-17-5-3-13-11-14(22)4-6-15(13)16(17)9-10-20(18,19)2/h4,6,11-12,16-19,22H,3,5,7-10,21H2,1-2H3/t12-,16-,17+,18-,19+,20+/m0/s1. The maximum Gasteiger partial charge on any atom is 0.115 e. The van der Waals surface area contributed by atoms with Gasteiger partial charge < -0.3 is 10.8 Å². The van der Waals surface area contributed by atoms with E-state index in [0.29, 0.717) is 29.0 Å². The van der Waals surface area contributed by atoms with Gasteiger partial charge in [0.05, 0.1) is 0 Å². The van der Waals surface area contributed by atoms with Gasteiger partial charge in [0.1, 0.15) is 5.75 Å². The third kappa shape index (κ3) is 1.96. The lowest BCUT2D eigenvalue weighted by Crippen LogP contribution is -2.46. The molecule has 3 N–H and O–H groups in total. The molecule has 0 unspecified atom stereocenters. The Hall–Kier alpha value is -1.02. The predicted molar refractivity (Wildman–Crippen MR) is 89.9 cm³/mol. The van der Waals surface area contributed by atoms with Crippen LogP contribution in [0.15, 0.2) is 18.2 Å². The summed E-state index contributed by atoms with van der Waals surface area (Å²) in [6.45, 7) is 4.74. The van der Waals surface area contributed by atoms with E-state index < -0.39 is 0 Å². The SMILES string of the molecule is C[C@H](N)[C@@H]1CC[C@@H]2[C@@H]3CCc4cc(O)ccc4[C@@H]3CC[C@@]21C. The van der Waals surface area contributed by atoms with E-state index in [0.717, 1.165) is 18.3 Å². The Balaban J connectivity index is 1.67. The third-order valence-electron chi connectivity index (χ3n) is 7.42. The number of hydrogen-bond donors (Lipinski definition) is 2. The van der Waals surface area contributed by atoms with E-state index in [4.69, 9.17) is 5.73 Å². The number of phenols is 1. The molecule has 3 aliphatic rings. The summed E-state index contributed by atoms with van der Waals surface area (Å²) in [6, 6.07) is 6.41. The Kier molecular flexibility index (Phi) is 3.30. The maximum atomic E-state index is 9.76. The molecule has 2 fully saturated rings. The molecule has 0 bridgehead atoms. The van der Waals surface area contributed by atoms with Crippen molar-refractivity contribution in [1.82, 2.24) is 0 Å². The van der Waals surface area contributed by atoms with Crippen LogP contribution >= 0.6 is 0 Å². The number of phenolic OH excluding ortho intramolecular Hbond substituents is 1. The molecule has 0 aliphatic heterocycles. The number of aromatic hydroxyl groups is 1. The van der Waals surface area contributed by atoms with Crippen LogP contribution in [0.4, 0.5) is 0 Å². The first-order chi connectivity index (χ1) is 10.5. The summed E-state index contributed by atoms with van der Waals surface area (Å²) in [4.78, 5) is 0. The average Bonchev–Trinajstić information content (AvgIpc) is 2.84. The minimum Gasteiger partial charge on any atom is -0.508 e. The van der Waals surface area contributed by atoms with Crippen molar-refractivity contribution in [3.63, 3.8) is 0 Å². The van der Waals surface area contributed by atoms with E-state index in [1.54, 1.807) is 0 Å². The van der Waals surface area contributed by atoms with E-state index in [1.165, 1.54) is 43.2 Å². The summed E-state index contributed by atoms with van der Waals surface area (Å²) < 4.78 is 0. The van der Waals surface area contributed by atoms with Gasteiger partial charge in [0.2, 0.25) is 0 Å². The zero-order valence-electron chi connectivity index (χ0n) is 13.9. The maximum absolute atomic E-state index is 9.76. The van der Waals surface area contributed by atoms with Crippen LogP contribution in [0.3, 0.4) is 0 Å². The number of aryl methyl sites for hydroxylation is 1. The molecule has 1 aromatic rings. The minimum atomic E-state index is 0.333. The lowest BCUT2D eigenvalue weighted by atomic mass is 9.53. The minimum absolute atomic E-state index is 0.333. The van der Waals surface area contributed by atoms with Crippen LogP contribution in [0.1, 0.15) is 63.0 Å². The Morgan fingerprint density at radius 2 is 2.05 bits per heavy atom. The van der Waals surface area contributed by atoms with Crippen molar-refractivity contribution in [3.8, 4) is 5.75 Å². The molecular weight excluding hydrogens is 270 g/mol. The first-order valence-electron chi connectivity index (χ1n) is 9.08. The van der Waals surface area contributed by atoms with Gasteiger partial charge in [0.25, 0.3) is 0 Å². The highest BCUT2D eigenvalue weighted by Crippen LogP contribution is 2.63. The van der Waals surface area contributed by atoms with Crippen LogP contribution in [0.5, 0.6) is 5.75 Å². The lowest BCUT2D eigenvalue weighted by Gasteiger charge is -2.51. The topological polar surface area (TPSA) is 46.2 Å². The molecule has 0 spiro atoms. The van der Waals surface area contributed by atoms with Gasteiger partial charge in [0.15, 0.2) is 0 Å². The monoisotopic (exact) mass is 299 g/mol. The van der Waals surface area contributed by atoms with Crippen molar-refractivity contribution in [1.29, 1.82) is 0 Å². The summed E-state index contributed by atoms with van der Waals surface area (Å²) >= 11 is 0. The largest absolute Gasteiger partial charge is 0.508 e. The fourth-order valence-electron chi connectivity index (χ4n) is 6.47. The Morgan fingerprint density at radius 3 is 2.82 bits per heavy atom. The fourth-order valence-corrected chi connectivity index (χ4v) is 6.47. The van der Waals surface area contributed by atoms with Gasteiger partial charge in [-0.25, -0.2) is 0 Å². The molecule has 0 aromatic heterocycles. The van der Waals surface area contributed by atoms with E-state index >= 15 is 0 Å². The summed E-state index contributed by atoms with van der Waals surface area (Å²) in [5, 5.41) is 9.76. The average molecular weight is 299 g/mol. The summed E-state index contributed by atoms with van der Waals surface area (Å²) in [7, 11) is 0. The third-order valence-corrected chi connectivity index (χ3v) is 7.42. The zero-order chi connectivity index (χ0) is 15.5. The number of rotatable bonds is 1. The molecule has 0 amide bonds. The van der Waals surface area contributed by atoms with Gasteiger partial charge in [-0.1, -0.05) is 13.0 Å². The molecule has 3 aliphatic carbocycles. The van der Waals surface area contributed by atoms with Crippen LogP contribution in [-0.2, 0) is 6.42 Å². The first-order valence-corrected chi connectivity index (χ1v) is 9.08.